The molecule has 2 amide bonds. The summed E-state index contributed by atoms with van der Waals surface area (Å²) in [5, 5.41) is 11.2. The minimum atomic E-state index is -0.381. The van der Waals surface area contributed by atoms with Crippen LogP contribution in [0.2, 0.25) is 0 Å². The molecule has 0 saturated carbocycles. The molecule has 0 aliphatic rings. The standard InChI is InChI=1S/C23H26N2O3/c26-22(24-18-8-2-5-13-23(27)25-28)12-7-6-9-19-14-16-21(17-15-19)20-10-3-1-4-11-20/h1,3-4,6-7,9-12,14-17,28H,2,5,8,13,18H2,(H,24,26)(H,25,27)/b9-6+,12-7+. The molecular formula is C23H26N2O3. The lowest BCUT2D eigenvalue weighted by molar-refractivity contribution is -0.129. The highest BCUT2D eigenvalue weighted by Crippen LogP contribution is 2.19. The second kappa shape index (κ2) is 12.3. The maximum atomic E-state index is 11.7. The Hall–Kier alpha value is -3.18. The van der Waals surface area contributed by atoms with Crippen molar-refractivity contribution in [3.63, 3.8) is 0 Å². The number of hydroxylamine groups is 1. The lowest BCUT2D eigenvalue weighted by Gasteiger charge is -2.02. The molecule has 0 fully saturated rings. The largest absolute Gasteiger partial charge is 0.353 e. The van der Waals surface area contributed by atoms with E-state index in [4.69, 9.17) is 5.21 Å². The number of allylic oxidation sites excluding steroid dienone is 2. The molecule has 0 bridgehead atoms. The third kappa shape index (κ3) is 8.01. The van der Waals surface area contributed by atoms with E-state index < -0.39 is 0 Å². The molecule has 0 heterocycles. The van der Waals surface area contributed by atoms with Gasteiger partial charge in [0.2, 0.25) is 11.8 Å². The quantitative estimate of drug-likeness (QED) is 0.191. The van der Waals surface area contributed by atoms with Gasteiger partial charge in [-0.3, -0.25) is 14.8 Å². The normalized spacial score (nSPS) is 11.0. The molecule has 0 atom stereocenters. The minimum absolute atomic E-state index is 0.142. The molecule has 0 radical (unpaired) electrons. The van der Waals surface area contributed by atoms with Gasteiger partial charge in [-0.05, 0) is 29.5 Å². The van der Waals surface area contributed by atoms with Gasteiger partial charge >= 0.3 is 0 Å². The zero-order chi connectivity index (χ0) is 20.0. The fourth-order valence-electron chi connectivity index (χ4n) is 2.64. The number of nitrogens with one attached hydrogen (secondary N) is 2. The van der Waals surface area contributed by atoms with Gasteiger partial charge < -0.3 is 5.32 Å². The maximum Gasteiger partial charge on any atom is 0.243 e. The van der Waals surface area contributed by atoms with Crippen LogP contribution in [0.15, 0.2) is 72.8 Å². The first-order chi connectivity index (χ1) is 13.7. The highest BCUT2D eigenvalue weighted by atomic mass is 16.5. The van der Waals surface area contributed by atoms with Crippen LogP contribution in [0.5, 0.6) is 0 Å². The highest BCUT2D eigenvalue weighted by Gasteiger charge is 1.99. The summed E-state index contributed by atoms with van der Waals surface area (Å²) < 4.78 is 0. The number of carbonyl (C=O) groups excluding carboxylic acids is 2. The zero-order valence-electron chi connectivity index (χ0n) is 15.8. The monoisotopic (exact) mass is 378 g/mol. The van der Waals surface area contributed by atoms with Gasteiger partial charge in [-0.15, -0.1) is 0 Å². The summed E-state index contributed by atoms with van der Waals surface area (Å²) in [6.45, 7) is 0.564. The second-order valence-electron chi connectivity index (χ2n) is 6.34. The Bertz CT molecular complexity index is 796. The van der Waals surface area contributed by atoms with E-state index in [-0.39, 0.29) is 11.8 Å². The Balaban J connectivity index is 1.67. The Labute approximate surface area is 165 Å². The molecule has 2 aromatic carbocycles. The van der Waals surface area contributed by atoms with Crippen LogP contribution in [-0.2, 0) is 9.59 Å². The molecule has 0 aliphatic heterocycles. The number of hydrogen-bond donors (Lipinski definition) is 3. The van der Waals surface area contributed by atoms with Crippen molar-refractivity contribution in [3.05, 3.63) is 78.4 Å². The second-order valence-corrected chi connectivity index (χ2v) is 6.34. The number of amides is 2. The molecule has 28 heavy (non-hydrogen) atoms. The van der Waals surface area contributed by atoms with Crippen molar-refractivity contribution < 1.29 is 14.8 Å². The zero-order valence-corrected chi connectivity index (χ0v) is 15.8. The molecule has 0 aliphatic carbocycles. The highest BCUT2D eigenvalue weighted by molar-refractivity contribution is 5.87. The van der Waals surface area contributed by atoms with Crippen LogP contribution in [0.25, 0.3) is 17.2 Å². The minimum Gasteiger partial charge on any atom is -0.353 e. The topological polar surface area (TPSA) is 78.4 Å². The average Bonchev–Trinajstić information content (AvgIpc) is 2.74. The van der Waals surface area contributed by atoms with Gasteiger partial charge in [-0.25, -0.2) is 5.48 Å². The maximum absolute atomic E-state index is 11.7. The summed E-state index contributed by atoms with van der Waals surface area (Å²) in [6, 6.07) is 18.5. The van der Waals surface area contributed by atoms with E-state index >= 15 is 0 Å². The van der Waals surface area contributed by atoms with Gasteiger partial charge in [-0.1, -0.05) is 79.2 Å². The molecule has 0 spiro atoms. The number of carbonyl (C=O) groups is 2. The van der Waals surface area contributed by atoms with Gasteiger partial charge in [0.1, 0.15) is 0 Å². The van der Waals surface area contributed by atoms with E-state index in [2.05, 4.69) is 29.6 Å². The molecule has 5 heteroatoms. The first kappa shape index (κ1) is 21.1. The van der Waals surface area contributed by atoms with Crippen LogP contribution in [0, 0.1) is 0 Å². The van der Waals surface area contributed by atoms with Crippen LogP contribution >= 0.6 is 0 Å². The number of benzene rings is 2. The predicted molar refractivity (Wildman–Crippen MR) is 111 cm³/mol. The summed E-state index contributed by atoms with van der Waals surface area (Å²) in [4.78, 5) is 22.6. The van der Waals surface area contributed by atoms with Crippen LogP contribution in [0.1, 0.15) is 31.2 Å². The smallest absolute Gasteiger partial charge is 0.243 e. The van der Waals surface area contributed by atoms with E-state index in [1.165, 1.54) is 17.2 Å². The van der Waals surface area contributed by atoms with Crippen molar-refractivity contribution >= 4 is 17.9 Å². The van der Waals surface area contributed by atoms with Crippen molar-refractivity contribution in [1.29, 1.82) is 0 Å². The van der Waals surface area contributed by atoms with Gasteiger partial charge in [0.25, 0.3) is 0 Å². The Morgan fingerprint density at radius 3 is 2.29 bits per heavy atom. The third-order valence-corrected chi connectivity index (χ3v) is 4.17. The van der Waals surface area contributed by atoms with Crippen molar-refractivity contribution in [2.24, 2.45) is 0 Å². The lowest BCUT2D eigenvalue weighted by atomic mass is 10.0. The molecule has 3 N–H and O–H groups in total. The molecular weight excluding hydrogens is 352 g/mol. The summed E-state index contributed by atoms with van der Waals surface area (Å²) in [6.07, 6.45) is 9.58. The van der Waals surface area contributed by atoms with E-state index in [9.17, 15) is 9.59 Å². The van der Waals surface area contributed by atoms with Crippen molar-refractivity contribution in [1.82, 2.24) is 10.8 Å². The van der Waals surface area contributed by atoms with E-state index in [0.717, 1.165) is 18.4 Å². The fraction of sp³-hybridized carbons (Fsp3) is 0.217. The summed E-state index contributed by atoms with van der Waals surface area (Å²) in [5.74, 6) is -0.523. The van der Waals surface area contributed by atoms with Crippen LogP contribution in [0.3, 0.4) is 0 Å². The van der Waals surface area contributed by atoms with Crippen molar-refractivity contribution in [2.45, 2.75) is 25.7 Å². The van der Waals surface area contributed by atoms with Gasteiger partial charge in [0, 0.05) is 19.0 Å². The first-order valence-electron chi connectivity index (χ1n) is 9.40. The number of unbranched alkanes of at least 4 members (excludes halogenated alkanes) is 2. The van der Waals surface area contributed by atoms with E-state index in [1.54, 1.807) is 11.6 Å². The summed E-state index contributed by atoms with van der Waals surface area (Å²) in [7, 11) is 0. The number of hydrogen-bond acceptors (Lipinski definition) is 3. The first-order valence-corrected chi connectivity index (χ1v) is 9.40. The molecule has 146 valence electrons. The lowest BCUT2D eigenvalue weighted by Crippen LogP contribution is -2.22. The van der Waals surface area contributed by atoms with Crippen LogP contribution < -0.4 is 10.8 Å². The fourth-order valence-corrected chi connectivity index (χ4v) is 2.64. The van der Waals surface area contributed by atoms with Crippen molar-refractivity contribution in [3.8, 4) is 11.1 Å². The third-order valence-electron chi connectivity index (χ3n) is 4.17. The molecule has 2 aromatic rings. The molecule has 5 nitrogen and oxygen atoms in total. The predicted octanol–water partition coefficient (Wildman–Crippen LogP) is 4.11. The van der Waals surface area contributed by atoms with E-state index in [0.29, 0.717) is 19.4 Å². The van der Waals surface area contributed by atoms with Gasteiger partial charge in [0.15, 0.2) is 0 Å². The summed E-state index contributed by atoms with van der Waals surface area (Å²) in [5.41, 5.74) is 5.02. The molecule has 0 aromatic heterocycles. The van der Waals surface area contributed by atoms with Crippen LogP contribution in [0.4, 0.5) is 0 Å². The SMILES string of the molecule is O=C(/C=C/C=C/c1ccc(-c2ccccc2)cc1)NCCCCCC(=O)NO. The summed E-state index contributed by atoms with van der Waals surface area (Å²) >= 11 is 0. The molecule has 0 unspecified atom stereocenters. The molecule has 0 saturated heterocycles. The van der Waals surface area contributed by atoms with Gasteiger partial charge in [0.05, 0.1) is 0 Å². The Morgan fingerprint density at radius 2 is 1.57 bits per heavy atom. The van der Waals surface area contributed by atoms with Gasteiger partial charge in [-0.2, -0.15) is 0 Å². The Morgan fingerprint density at radius 1 is 0.857 bits per heavy atom. The Kier molecular flexibility index (Phi) is 9.24. The molecule has 2 rings (SSSR count). The average molecular weight is 378 g/mol. The van der Waals surface area contributed by atoms with Crippen LogP contribution in [-0.4, -0.2) is 23.6 Å². The van der Waals surface area contributed by atoms with E-state index in [1.807, 2.05) is 42.5 Å². The number of rotatable bonds is 10. The van der Waals surface area contributed by atoms with Crippen molar-refractivity contribution in [2.75, 3.05) is 6.54 Å².